The third kappa shape index (κ3) is 3.85. The number of aromatic nitrogens is 2. The topological polar surface area (TPSA) is 66.9 Å². The van der Waals surface area contributed by atoms with Gasteiger partial charge in [-0.15, -0.1) is 0 Å². The molecule has 1 aromatic heterocycles. The van der Waals surface area contributed by atoms with Gasteiger partial charge >= 0.3 is 0 Å². The minimum Gasteiger partial charge on any atom is -0.324 e. The smallest absolute Gasteiger partial charge is 0.274 e. The summed E-state index contributed by atoms with van der Waals surface area (Å²) in [5, 5.41) is 5.71. The normalized spacial score (nSPS) is 10.4. The Morgan fingerprint density at radius 3 is 2.69 bits per heavy atom. The number of carbonyl (C=O) groups excluding carboxylic acids is 1. The van der Waals surface area contributed by atoms with Gasteiger partial charge in [0.05, 0.1) is 5.69 Å². The number of benzene rings is 2. The van der Waals surface area contributed by atoms with Gasteiger partial charge in [-0.05, 0) is 42.7 Å². The quantitative estimate of drug-likeness (QED) is 0.712. The van der Waals surface area contributed by atoms with Crippen LogP contribution >= 0.6 is 0 Å². The lowest BCUT2D eigenvalue weighted by atomic mass is 10.1. The number of hydrogen-bond donors (Lipinski definition) is 2. The summed E-state index contributed by atoms with van der Waals surface area (Å²) in [6.07, 6.45) is 2.35. The molecule has 0 aliphatic rings. The molecule has 0 saturated heterocycles. The highest BCUT2D eigenvalue weighted by Gasteiger charge is 2.12. The van der Waals surface area contributed by atoms with E-state index < -0.39 is 11.7 Å². The van der Waals surface area contributed by atoms with E-state index in [0.717, 1.165) is 23.2 Å². The van der Waals surface area contributed by atoms with Crippen molar-refractivity contribution in [1.82, 2.24) is 9.97 Å². The molecule has 2 aromatic carbocycles. The molecular formula is C20H19FN4O. The first-order chi connectivity index (χ1) is 12.6. The number of nitrogens with zero attached hydrogens (tertiary/aromatic N) is 2. The zero-order valence-electron chi connectivity index (χ0n) is 14.6. The SMILES string of the molecule is CCc1cccc(C)c1Nc1nccc(C(=O)Nc2ccccc2F)n1. The molecule has 0 spiro atoms. The molecule has 3 rings (SSSR count). The van der Waals surface area contributed by atoms with Crippen LogP contribution in [0.15, 0.2) is 54.7 Å². The fraction of sp³-hybridized carbons (Fsp3) is 0.150. The second-order valence-electron chi connectivity index (χ2n) is 5.79. The van der Waals surface area contributed by atoms with Crippen molar-refractivity contribution in [3.63, 3.8) is 0 Å². The molecule has 0 atom stereocenters. The number of hydrogen-bond acceptors (Lipinski definition) is 4. The average molecular weight is 350 g/mol. The predicted octanol–water partition coefficient (Wildman–Crippen LogP) is 4.48. The highest BCUT2D eigenvalue weighted by molar-refractivity contribution is 6.03. The first kappa shape index (κ1) is 17.5. The van der Waals surface area contributed by atoms with Crippen LogP contribution in [-0.4, -0.2) is 15.9 Å². The van der Waals surface area contributed by atoms with Crippen molar-refractivity contribution in [2.45, 2.75) is 20.3 Å². The van der Waals surface area contributed by atoms with Gasteiger partial charge in [-0.25, -0.2) is 14.4 Å². The minimum atomic E-state index is -0.499. The lowest BCUT2D eigenvalue weighted by Crippen LogP contribution is -2.15. The maximum absolute atomic E-state index is 13.7. The Morgan fingerprint density at radius 2 is 1.92 bits per heavy atom. The van der Waals surface area contributed by atoms with Gasteiger partial charge in [-0.3, -0.25) is 4.79 Å². The first-order valence-electron chi connectivity index (χ1n) is 8.33. The summed E-state index contributed by atoms with van der Waals surface area (Å²) in [4.78, 5) is 20.8. The van der Waals surface area contributed by atoms with Gasteiger partial charge in [-0.2, -0.15) is 0 Å². The molecule has 0 radical (unpaired) electrons. The molecule has 26 heavy (non-hydrogen) atoms. The third-order valence-corrected chi connectivity index (χ3v) is 3.99. The van der Waals surface area contributed by atoms with Crippen LogP contribution in [0.2, 0.25) is 0 Å². The van der Waals surface area contributed by atoms with Gasteiger partial charge in [0.2, 0.25) is 5.95 Å². The first-order valence-corrected chi connectivity index (χ1v) is 8.33. The largest absolute Gasteiger partial charge is 0.324 e. The lowest BCUT2D eigenvalue weighted by molar-refractivity contribution is 0.102. The van der Waals surface area contributed by atoms with E-state index in [0.29, 0.717) is 5.95 Å². The van der Waals surface area contributed by atoms with Crippen LogP contribution in [0, 0.1) is 12.7 Å². The molecule has 132 valence electrons. The standard InChI is InChI=1S/C20H19FN4O/c1-3-14-8-6-7-13(2)18(14)25-20-22-12-11-17(24-20)19(26)23-16-10-5-4-9-15(16)21/h4-12H,3H2,1-2H3,(H,23,26)(H,22,24,25). The average Bonchev–Trinajstić information content (AvgIpc) is 2.65. The highest BCUT2D eigenvalue weighted by atomic mass is 19.1. The number of carbonyl (C=O) groups is 1. The van der Waals surface area contributed by atoms with Crippen molar-refractivity contribution < 1.29 is 9.18 Å². The van der Waals surface area contributed by atoms with E-state index in [-0.39, 0.29) is 11.4 Å². The van der Waals surface area contributed by atoms with Crippen LogP contribution in [0.4, 0.5) is 21.7 Å². The number of aryl methyl sites for hydroxylation is 2. The minimum absolute atomic E-state index is 0.109. The Labute approximate surface area is 151 Å². The Kier molecular flexibility index (Phi) is 5.22. The van der Waals surface area contributed by atoms with Crippen LogP contribution in [0.5, 0.6) is 0 Å². The zero-order chi connectivity index (χ0) is 18.5. The predicted molar refractivity (Wildman–Crippen MR) is 100 cm³/mol. The molecule has 0 saturated carbocycles. The zero-order valence-corrected chi connectivity index (χ0v) is 14.6. The monoisotopic (exact) mass is 350 g/mol. The molecule has 2 N–H and O–H groups in total. The van der Waals surface area contributed by atoms with Crippen LogP contribution in [-0.2, 0) is 6.42 Å². The van der Waals surface area contributed by atoms with Gasteiger partial charge in [0.25, 0.3) is 5.91 Å². The lowest BCUT2D eigenvalue weighted by Gasteiger charge is -2.13. The van der Waals surface area contributed by atoms with Crippen molar-refractivity contribution in [2.75, 3.05) is 10.6 Å². The molecule has 6 heteroatoms. The maximum Gasteiger partial charge on any atom is 0.274 e. The van der Waals surface area contributed by atoms with Gasteiger partial charge < -0.3 is 10.6 Å². The second-order valence-corrected chi connectivity index (χ2v) is 5.79. The van der Waals surface area contributed by atoms with E-state index in [1.807, 2.05) is 25.1 Å². The fourth-order valence-electron chi connectivity index (χ4n) is 2.61. The van der Waals surface area contributed by atoms with Crippen molar-refractivity contribution in [1.29, 1.82) is 0 Å². The molecule has 0 aliphatic carbocycles. The Bertz CT molecular complexity index is 943. The number of anilines is 3. The van der Waals surface area contributed by atoms with Gasteiger partial charge in [-0.1, -0.05) is 37.3 Å². The van der Waals surface area contributed by atoms with Crippen molar-refractivity contribution >= 4 is 23.2 Å². The van der Waals surface area contributed by atoms with Crippen molar-refractivity contribution in [3.05, 3.63) is 77.4 Å². The third-order valence-electron chi connectivity index (χ3n) is 3.99. The summed E-state index contributed by atoms with van der Waals surface area (Å²) >= 11 is 0. The molecule has 0 unspecified atom stereocenters. The fourth-order valence-corrected chi connectivity index (χ4v) is 2.61. The molecule has 0 aliphatic heterocycles. The summed E-state index contributed by atoms with van der Waals surface area (Å²) in [7, 11) is 0. The number of rotatable bonds is 5. The molecule has 3 aromatic rings. The Balaban J connectivity index is 1.83. The van der Waals surface area contributed by atoms with E-state index in [2.05, 4.69) is 27.5 Å². The number of halogens is 1. The number of nitrogens with one attached hydrogen (secondary N) is 2. The van der Waals surface area contributed by atoms with E-state index >= 15 is 0 Å². The van der Waals surface area contributed by atoms with Gasteiger partial charge in [0, 0.05) is 11.9 Å². The number of para-hydroxylation sites is 2. The van der Waals surface area contributed by atoms with Gasteiger partial charge in [0.1, 0.15) is 11.5 Å². The molecule has 1 heterocycles. The van der Waals surface area contributed by atoms with Crippen molar-refractivity contribution in [3.8, 4) is 0 Å². The van der Waals surface area contributed by atoms with Crippen LogP contribution in [0.25, 0.3) is 0 Å². The van der Waals surface area contributed by atoms with Crippen LogP contribution < -0.4 is 10.6 Å². The summed E-state index contributed by atoms with van der Waals surface area (Å²) in [6, 6.07) is 13.5. The summed E-state index contributed by atoms with van der Waals surface area (Å²) in [6.45, 7) is 4.06. The number of amides is 1. The molecule has 0 fully saturated rings. The van der Waals surface area contributed by atoms with Gasteiger partial charge in [0.15, 0.2) is 0 Å². The maximum atomic E-state index is 13.7. The van der Waals surface area contributed by atoms with E-state index in [1.165, 1.54) is 24.4 Å². The summed E-state index contributed by atoms with van der Waals surface area (Å²) < 4.78 is 13.7. The van der Waals surface area contributed by atoms with E-state index in [4.69, 9.17) is 0 Å². The Hall–Kier alpha value is -3.28. The van der Waals surface area contributed by atoms with Crippen LogP contribution in [0.1, 0.15) is 28.5 Å². The molecule has 0 bridgehead atoms. The summed E-state index contributed by atoms with van der Waals surface area (Å²) in [5.41, 5.74) is 3.39. The molecule has 5 nitrogen and oxygen atoms in total. The van der Waals surface area contributed by atoms with Crippen LogP contribution in [0.3, 0.4) is 0 Å². The Morgan fingerprint density at radius 1 is 1.12 bits per heavy atom. The molecule has 1 amide bonds. The van der Waals surface area contributed by atoms with E-state index in [1.54, 1.807) is 12.1 Å². The highest BCUT2D eigenvalue weighted by Crippen LogP contribution is 2.24. The summed E-state index contributed by atoms with van der Waals surface area (Å²) in [5.74, 6) is -0.683. The van der Waals surface area contributed by atoms with E-state index in [9.17, 15) is 9.18 Å². The van der Waals surface area contributed by atoms with Crippen molar-refractivity contribution in [2.24, 2.45) is 0 Å². The molecular weight excluding hydrogens is 331 g/mol. The second kappa shape index (κ2) is 7.74.